The quantitative estimate of drug-likeness (QED) is 0.768. The van der Waals surface area contributed by atoms with Crippen molar-refractivity contribution >= 4 is 26.8 Å². The maximum atomic E-state index is 11.8. The van der Waals surface area contributed by atoms with Gasteiger partial charge in [0.15, 0.2) is 0 Å². The van der Waals surface area contributed by atoms with Crippen molar-refractivity contribution < 1.29 is 0 Å². The van der Waals surface area contributed by atoms with Gasteiger partial charge in [0.1, 0.15) is 0 Å². The lowest BCUT2D eigenvalue weighted by molar-refractivity contribution is 1.31. The molecule has 2 aromatic rings. The first-order chi connectivity index (χ1) is 6.61. The first-order valence-electron chi connectivity index (χ1n) is 4.38. The summed E-state index contributed by atoms with van der Waals surface area (Å²) in [5.74, 6) is 0. The van der Waals surface area contributed by atoms with E-state index >= 15 is 0 Å². The lowest BCUT2D eigenvalue weighted by Crippen LogP contribution is -2.05. The highest BCUT2D eigenvalue weighted by molar-refractivity contribution is 9.10. The summed E-state index contributed by atoms with van der Waals surface area (Å²) in [5, 5.41) is 0.777. The minimum Gasteiger partial charge on any atom is -0.360 e. The standard InChI is InChI=1S/C11H10BrNO/c1-6-3-4-7(2)10-9(6)11(14)8(12)5-13-10/h3-5H,1-2H3,(H,13,14). The number of halogens is 1. The van der Waals surface area contributed by atoms with Crippen molar-refractivity contribution in [3.05, 3.63) is 44.2 Å². The van der Waals surface area contributed by atoms with Crippen molar-refractivity contribution in [3.63, 3.8) is 0 Å². The second kappa shape index (κ2) is 3.24. The van der Waals surface area contributed by atoms with Gasteiger partial charge in [-0.1, -0.05) is 12.1 Å². The molecule has 0 aliphatic carbocycles. The largest absolute Gasteiger partial charge is 0.360 e. The normalized spacial score (nSPS) is 10.8. The molecule has 0 amide bonds. The number of fused-ring (bicyclic) bond motifs is 1. The number of hydrogen-bond donors (Lipinski definition) is 1. The summed E-state index contributed by atoms with van der Waals surface area (Å²) in [4.78, 5) is 15.0. The van der Waals surface area contributed by atoms with E-state index in [4.69, 9.17) is 0 Å². The van der Waals surface area contributed by atoms with Gasteiger partial charge < -0.3 is 4.98 Å². The zero-order valence-electron chi connectivity index (χ0n) is 8.02. The predicted octanol–water partition coefficient (Wildman–Crippen LogP) is 2.91. The van der Waals surface area contributed by atoms with Crippen LogP contribution in [0.4, 0.5) is 0 Å². The molecule has 1 aromatic heterocycles. The molecule has 0 spiro atoms. The van der Waals surface area contributed by atoms with Gasteiger partial charge in [0.25, 0.3) is 0 Å². The van der Waals surface area contributed by atoms with Gasteiger partial charge >= 0.3 is 0 Å². The summed E-state index contributed by atoms with van der Waals surface area (Å²) in [7, 11) is 0. The van der Waals surface area contributed by atoms with E-state index in [0.717, 1.165) is 22.0 Å². The van der Waals surface area contributed by atoms with E-state index in [1.165, 1.54) is 0 Å². The number of pyridine rings is 1. The topological polar surface area (TPSA) is 32.9 Å². The summed E-state index contributed by atoms with van der Waals surface area (Å²) in [6.45, 7) is 3.94. The fourth-order valence-electron chi connectivity index (χ4n) is 1.61. The molecule has 0 fully saturated rings. The molecule has 0 radical (unpaired) electrons. The van der Waals surface area contributed by atoms with Crippen LogP contribution in [0.5, 0.6) is 0 Å². The smallest absolute Gasteiger partial charge is 0.203 e. The molecule has 0 aliphatic rings. The highest BCUT2D eigenvalue weighted by Gasteiger charge is 2.06. The molecule has 0 saturated heterocycles. The Balaban J connectivity index is 3.09. The number of benzene rings is 1. The lowest BCUT2D eigenvalue weighted by Gasteiger charge is -2.04. The van der Waals surface area contributed by atoms with Crippen LogP contribution in [0.25, 0.3) is 10.9 Å². The van der Waals surface area contributed by atoms with Crippen LogP contribution in [0.2, 0.25) is 0 Å². The number of H-pyrrole nitrogens is 1. The first kappa shape index (κ1) is 9.46. The molecule has 0 saturated carbocycles. The van der Waals surface area contributed by atoms with E-state index in [1.54, 1.807) is 6.20 Å². The van der Waals surface area contributed by atoms with Crippen LogP contribution in [0.3, 0.4) is 0 Å². The van der Waals surface area contributed by atoms with Crippen molar-refractivity contribution in [1.29, 1.82) is 0 Å². The number of aromatic amines is 1. The van der Waals surface area contributed by atoms with Gasteiger partial charge in [-0.05, 0) is 40.9 Å². The molecule has 1 heterocycles. The molecule has 2 rings (SSSR count). The van der Waals surface area contributed by atoms with Gasteiger partial charge in [0.05, 0.1) is 9.99 Å². The van der Waals surface area contributed by atoms with Crippen molar-refractivity contribution in [2.24, 2.45) is 0 Å². The molecule has 1 N–H and O–H groups in total. The van der Waals surface area contributed by atoms with E-state index in [0.29, 0.717) is 4.47 Å². The Kier molecular flexibility index (Phi) is 2.19. The second-order valence-corrected chi connectivity index (χ2v) is 4.27. The fourth-order valence-corrected chi connectivity index (χ4v) is 1.92. The number of nitrogens with one attached hydrogen (secondary N) is 1. The predicted molar refractivity (Wildman–Crippen MR) is 61.7 cm³/mol. The monoisotopic (exact) mass is 251 g/mol. The molecule has 2 nitrogen and oxygen atoms in total. The molecule has 3 heteroatoms. The van der Waals surface area contributed by atoms with Crippen LogP contribution in [-0.4, -0.2) is 4.98 Å². The molecular weight excluding hydrogens is 242 g/mol. The maximum Gasteiger partial charge on any atom is 0.203 e. The van der Waals surface area contributed by atoms with E-state index in [9.17, 15) is 4.79 Å². The highest BCUT2D eigenvalue weighted by atomic mass is 79.9. The number of aromatic nitrogens is 1. The third kappa shape index (κ3) is 1.28. The highest BCUT2D eigenvalue weighted by Crippen LogP contribution is 2.18. The van der Waals surface area contributed by atoms with E-state index in [-0.39, 0.29) is 5.43 Å². The van der Waals surface area contributed by atoms with Crippen LogP contribution in [0.15, 0.2) is 27.6 Å². The SMILES string of the molecule is Cc1ccc(C)c2c(=O)c(Br)c[nH]c12. The van der Waals surface area contributed by atoms with Crippen LogP contribution < -0.4 is 5.43 Å². The molecule has 0 atom stereocenters. The second-order valence-electron chi connectivity index (χ2n) is 3.42. The Bertz CT molecular complexity index is 557. The molecular formula is C11H10BrNO. The fraction of sp³-hybridized carbons (Fsp3) is 0.182. The minimum atomic E-state index is 0.0555. The zero-order valence-corrected chi connectivity index (χ0v) is 9.60. The molecule has 14 heavy (non-hydrogen) atoms. The zero-order chi connectivity index (χ0) is 10.3. The van der Waals surface area contributed by atoms with Crippen molar-refractivity contribution in [1.82, 2.24) is 4.98 Å². The molecule has 0 bridgehead atoms. The minimum absolute atomic E-state index is 0.0555. The molecule has 0 aliphatic heterocycles. The Labute approximate surface area is 90.1 Å². The van der Waals surface area contributed by atoms with Gasteiger partial charge in [-0.15, -0.1) is 0 Å². The average Bonchev–Trinajstić information content (AvgIpc) is 2.16. The Morgan fingerprint density at radius 3 is 2.57 bits per heavy atom. The Morgan fingerprint density at radius 2 is 1.86 bits per heavy atom. The Morgan fingerprint density at radius 1 is 1.21 bits per heavy atom. The van der Waals surface area contributed by atoms with Gasteiger partial charge in [-0.3, -0.25) is 4.79 Å². The lowest BCUT2D eigenvalue weighted by atomic mass is 10.1. The maximum absolute atomic E-state index is 11.8. The summed E-state index contributed by atoms with van der Waals surface area (Å²) < 4.78 is 0.582. The molecule has 72 valence electrons. The number of hydrogen-bond acceptors (Lipinski definition) is 1. The van der Waals surface area contributed by atoms with Crippen LogP contribution in [-0.2, 0) is 0 Å². The average molecular weight is 252 g/mol. The van der Waals surface area contributed by atoms with Gasteiger partial charge in [0.2, 0.25) is 5.43 Å². The number of rotatable bonds is 0. The van der Waals surface area contributed by atoms with Gasteiger partial charge in [-0.25, -0.2) is 0 Å². The number of aryl methyl sites for hydroxylation is 2. The third-order valence-corrected chi connectivity index (χ3v) is 3.00. The van der Waals surface area contributed by atoms with Crippen LogP contribution in [0, 0.1) is 13.8 Å². The first-order valence-corrected chi connectivity index (χ1v) is 5.17. The van der Waals surface area contributed by atoms with Crippen LogP contribution >= 0.6 is 15.9 Å². The van der Waals surface area contributed by atoms with E-state index in [1.807, 2.05) is 26.0 Å². The third-order valence-electron chi connectivity index (χ3n) is 2.41. The van der Waals surface area contributed by atoms with Crippen molar-refractivity contribution in [3.8, 4) is 0 Å². The van der Waals surface area contributed by atoms with Crippen molar-refractivity contribution in [2.45, 2.75) is 13.8 Å². The molecule has 0 unspecified atom stereocenters. The summed E-state index contributed by atoms with van der Waals surface area (Å²) in [6, 6.07) is 3.99. The summed E-state index contributed by atoms with van der Waals surface area (Å²) in [5.41, 5.74) is 3.08. The van der Waals surface area contributed by atoms with Gasteiger partial charge in [-0.2, -0.15) is 0 Å². The van der Waals surface area contributed by atoms with Crippen molar-refractivity contribution in [2.75, 3.05) is 0 Å². The van der Waals surface area contributed by atoms with Gasteiger partial charge in [0, 0.05) is 11.6 Å². The van der Waals surface area contributed by atoms with E-state index < -0.39 is 0 Å². The summed E-state index contributed by atoms with van der Waals surface area (Å²) >= 11 is 3.23. The van der Waals surface area contributed by atoms with Crippen LogP contribution in [0.1, 0.15) is 11.1 Å². The molecule has 1 aromatic carbocycles. The van der Waals surface area contributed by atoms with E-state index in [2.05, 4.69) is 20.9 Å². The summed E-state index contributed by atoms with van der Waals surface area (Å²) in [6.07, 6.45) is 1.69. The Hall–Kier alpha value is -1.09.